The van der Waals surface area contributed by atoms with Gasteiger partial charge in [-0.2, -0.15) is 0 Å². The summed E-state index contributed by atoms with van der Waals surface area (Å²) in [4.78, 5) is 32.7. The maximum atomic E-state index is 11.3. The number of nitrogens with zero attached hydrogens (tertiary/aromatic N) is 1. The van der Waals surface area contributed by atoms with Crippen molar-refractivity contribution in [3.63, 3.8) is 0 Å². The zero-order valence-electron chi connectivity index (χ0n) is 8.68. The number of nitro groups is 1. The molecule has 6 nitrogen and oxygen atoms in total. The molecule has 1 aliphatic rings. The fraction of sp³-hybridized carbons (Fsp3) is 0. The van der Waals surface area contributed by atoms with Crippen LogP contribution in [0.5, 0.6) is 0 Å². The molecule has 2 rings (SSSR count). The summed E-state index contributed by atoms with van der Waals surface area (Å²) in [6, 6.07) is 4.46. The summed E-state index contributed by atoms with van der Waals surface area (Å²) in [5.74, 6) is -0.490. The van der Waals surface area contributed by atoms with Crippen LogP contribution in [0.15, 0.2) is 27.6 Å². The highest BCUT2D eigenvalue weighted by atomic mass is 79.9. The molecule has 0 aromatic heterocycles. The Bertz CT molecular complexity index is 600. The van der Waals surface area contributed by atoms with Crippen molar-refractivity contribution >= 4 is 50.6 Å². The predicted octanol–water partition coefficient (Wildman–Crippen LogP) is 2.68. The predicted molar refractivity (Wildman–Crippen MR) is 69.9 cm³/mol. The summed E-state index contributed by atoms with van der Waals surface area (Å²) in [6.07, 6.45) is 1.43. The van der Waals surface area contributed by atoms with Gasteiger partial charge in [-0.05, 0) is 45.4 Å². The average molecular weight is 329 g/mol. The highest BCUT2D eigenvalue weighted by Gasteiger charge is 2.25. The molecule has 1 N–H and O–H groups in total. The van der Waals surface area contributed by atoms with Crippen LogP contribution in [0.3, 0.4) is 0 Å². The van der Waals surface area contributed by atoms with Crippen LogP contribution < -0.4 is 5.32 Å². The Labute approximate surface area is 114 Å². The van der Waals surface area contributed by atoms with E-state index in [-0.39, 0.29) is 10.6 Å². The fourth-order valence-corrected chi connectivity index (χ4v) is 2.41. The van der Waals surface area contributed by atoms with Crippen molar-refractivity contribution in [1.29, 1.82) is 0 Å². The van der Waals surface area contributed by atoms with Gasteiger partial charge in [0, 0.05) is 6.07 Å². The minimum Gasteiger partial charge on any atom is -0.282 e. The first-order valence-electron chi connectivity index (χ1n) is 4.66. The fourth-order valence-electron chi connectivity index (χ4n) is 1.33. The Morgan fingerprint density at radius 2 is 2.11 bits per heavy atom. The van der Waals surface area contributed by atoms with Gasteiger partial charge < -0.3 is 0 Å². The molecule has 1 saturated heterocycles. The van der Waals surface area contributed by atoms with Crippen LogP contribution in [0, 0.1) is 10.1 Å². The van der Waals surface area contributed by atoms with E-state index in [0.29, 0.717) is 10.0 Å². The maximum Gasteiger partial charge on any atom is 0.290 e. The van der Waals surface area contributed by atoms with Gasteiger partial charge in [-0.25, -0.2) is 0 Å². The van der Waals surface area contributed by atoms with E-state index in [1.54, 1.807) is 6.07 Å². The largest absolute Gasteiger partial charge is 0.290 e. The van der Waals surface area contributed by atoms with Crippen LogP contribution in [0.2, 0.25) is 0 Å². The molecule has 0 radical (unpaired) electrons. The third-order valence-corrected chi connectivity index (χ3v) is 3.59. The second-order valence-electron chi connectivity index (χ2n) is 3.32. The van der Waals surface area contributed by atoms with E-state index < -0.39 is 16.1 Å². The van der Waals surface area contributed by atoms with Gasteiger partial charge in [0.05, 0.1) is 14.3 Å². The first kappa shape index (κ1) is 12.8. The van der Waals surface area contributed by atoms with Crippen molar-refractivity contribution in [2.75, 3.05) is 0 Å². The third kappa shape index (κ3) is 2.59. The van der Waals surface area contributed by atoms with Gasteiger partial charge >= 0.3 is 0 Å². The standard InChI is InChI=1S/C10H5BrN2O4S/c11-6-2-1-5(3-7(6)13(16)17)4-8-9(14)12-10(15)18-8/h1-4H,(H,12,14,15)/b8-4-. The van der Waals surface area contributed by atoms with Crippen LogP contribution in [0.4, 0.5) is 10.5 Å². The number of halogens is 1. The molecular weight excluding hydrogens is 324 g/mol. The third-order valence-electron chi connectivity index (χ3n) is 2.11. The lowest BCUT2D eigenvalue weighted by molar-refractivity contribution is -0.385. The summed E-state index contributed by atoms with van der Waals surface area (Å²) >= 11 is 3.83. The normalized spacial score (nSPS) is 17.1. The van der Waals surface area contributed by atoms with Crippen molar-refractivity contribution in [2.45, 2.75) is 0 Å². The van der Waals surface area contributed by atoms with Crippen molar-refractivity contribution in [2.24, 2.45) is 0 Å². The minimum absolute atomic E-state index is 0.0981. The van der Waals surface area contributed by atoms with Gasteiger partial charge in [-0.3, -0.25) is 25.0 Å². The Kier molecular flexibility index (Phi) is 3.48. The molecule has 1 aromatic rings. The van der Waals surface area contributed by atoms with Gasteiger partial charge in [0.15, 0.2) is 0 Å². The molecular formula is C10H5BrN2O4S. The van der Waals surface area contributed by atoms with E-state index in [2.05, 4.69) is 21.2 Å². The van der Waals surface area contributed by atoms with E-state index in [9.17, 15) is 19.7 Å². The number of imide groups is 1. The van der Waals surface area contributed by atoms with Gasteiger partial charge in [0.2, 0.25) is 0 Å². The summed E-state index contributed by atoms with van der Waals surface area (Å²) in [5.41, 5.74) is 0.385. The number of benzene rings is 1. The van der Waals surface area contributed by atoms with E-state index >= 15 is 0 Å². The first-order chi connectivity index (χ1) is 8.47. The molecule has 2 amide bonds. The van der Waals surface area contributed by atoms with E-state index in [1.807, 2.05) is 0 Å². The van der Waals surface area contributed by atoms with Crippen LogP contribution in [0.1, 0.15) is 5.56 Å². The number of hydrogen-bond donors (Lipinski definition) is 1. The van der Waals surface area contributed by atoms with Crippen molar-refractivity contribution < 1.29 is 14.5 Å². The number of rotatable bonds is 2. The zero-order chi connectivity index (χ0) is 13.3. The molecule has 1 aliphatic heterocycles. The quantitative estimate of drug-likeness (QED) is 0.512. The lowest BCUT2D eigenvalue weighted by Gasteiger charge is -1.98. The molecule has 1 heterocycles. The molecule has 0 unspecified atom stereocenters. The van der Waals surface area contributed by atoms with E-state index in [1.165, 1.54) is 18.2 Å². The smallest absolute Gasteiger partial charge is 0.282 e. The Morgan fingerprint density at radius 3 is 2.67 bits per heavy atom. The number of hydrogen-bond acceptors (Lipinski definition) is 5. The Morgan fingerprint density at radius 1 is 1.39 bits per heavy atom. The highest BCUT2D eigenvalue weighted by molar-refractivity contribution is 9.10. The topological polar surface area (TPSA) is 89.3 Å². The summed E-state index contributed by atoms with van der Waals surface area (Å²) < 4.78 is 0.356. The molecule has 0 atom stereocenters. The van der Waals surface area contributed by atoms with Crippen molar-refractivity contribution in [3.05, 3.63) is 43.3 Å². The van der Waals surface area contributed by atoms with Gasteiger partial charge in [0.1, 0.15) is 0 Å². The number of carbonyl (C=O) groups excluding carboxylic acids is 2. The molecule has 1 aromatic carbocycles. The number of nitro benzene ring substituents is 1. The molecule has 8 heteroatoms. The number of carbonyl (C=O) groups is 2. The second kappa shape index (κ2) is 4.91. The monoisotopic (exact) mass is 328 g/mol. The lowest BCUT2D eigenvalue weighted by Crippen LogP contribution is -2.17. The van der Waals surface area contributed by atoms with Gasteiger partial charge in [-0.1, -0.05) is 6.07 Å². The van der Waals surface area contributed by atoms with Crippen LogP contribution in [-0.2, 0) is 4.79 Å². The van der Waals surface area contributed by atoms with Crippen LogP contribution in [-0.4, -0.2) is 16.1 Å². The zero-order valence-corrected chi connectivity index (χ0v) is 11.1. The van der Waals surface area contributed by atoms with Crippen LogP contribution >= 0.6 is 27.7 Å². The molecule has 0 spiro atoms. The van der Waals surface area contributed by atoms with Crippen LogP contribution in [0.25, 0.3) is 6.08 Å². The number of amides is 2. The average Bonchev–Trinajstić information content (AvgIpc) is 2.60. The van der Waals surface area contributed by atoms with Gasteiger partial charge in [-0.15, -0.1) is 0 Å². The number of nitrogens with one attached hydrogen (secondary N) is 1. The minimum atomic E-state index is -0.529. The van der Waals surface area contributed by atoms with Crippen molar-refractivity contribution in [3.8, 4) is 0 Å². The summed E-state index contributed by atoms with van der Waals surface area (Å²) in [5, 5.41) is 12.4. The first-order valence-corrected chi connectivity index (χ1v) is 6.27. The molecule has 0 aliphatic carbocycles. The maximum absolute atomic E-state index is 11.3. The Balaban J connectivity index is 2.38. The van der Waals surface area contributed by atoms with Crippen molar-refractivity contribution in [1.82, 2.24) is 5.32 Å². The molecule has 0 bridgehead atoms. The lowest BCUT2D eigenvalue weighted by atomic mass is 10.2. The SMILES string of the molecule is O=C1NC(=O)/C(=C/c2ccc(Br)c([N+](=O)[O-])c2)S1. The van der Waals surface area contributed by atoms with E-state index in [4.69, 9.17) is 0 Å². The summed E-state index contributed by atoms with van der Waals surface area (Å²) in [7, 11) is 0. The number of thioether (sulfide) groups is 1. The highest BCUT2D eigenvalue weighted by Crippen LogP contribution is 2.29. The summed E-state index contributed by atoms with van der Waals surface area (Å²) in [6.45, 7) is 0. The Hall–Kier alpha value is -1.67. The second-order valence-corrected chi connectivity index (χ2v) is 5.19. The van der Waals surface area contributed by atoms with Gasteiger partial charge in [0.25, 0.3) is 16.8 Å². The van der Waals surface area contributed by atoms with E-state index in [0.717, 1.165) is 11.8 Å². The molecule has 1 fully saturated rings. The molecule has 92 valence electrons. The molecule has 18 heavy (non-hydrogen) atoms. The molecule has 0 saturated carbocycles.